The fourth-order valence-electron chi connectivity index (χ4n) is 1.11. The molecule has 0 rings (SSSR count). The fraction of sp³-hybridized carbons (Fsp3) is 0.692. The Bertz CT molecular complexity index is 332. The third kappa shape index (κ3) is 8.20. The molecule has 0 unspecified atom stereocenters. The number of nitrogens with zero attached hydrogens (tertiary/aromatic N) is 1. The Morgan fingerprint density at radius 1 is 1.26 bits per heavy atom. The number of amides is 1. The molecule has 0 heterocycles. The van der Waals surface area contributed by atoms with E-state index >= 15 is 0 Å². The monoisotopic (exact) mass is 273 g/mol. The Hall–Kier alpha value is -1.56. The highest BCUT2D eigenvalue weighted by atomic mass is 16.6. The van der Waals surface area contributed by atoms with Gasteiger partial charge in [0, 0.05) is 12.1 Å². The second-order valence-electron chi connectivity index (χ2n) is 5.11. The number of ether oxygens (including phenoxy) is 2. The van der Waals surface area contributed by atoms with Crippen molar-refractivity contribution < 1.29 is 24.2 Å². The van der Waals surface area contributed by atoms with Crippen LogP contribution in [0.1, 0.15) is 27.7 Å². The summed E-state index contributed by atoms with van der Waals surface area (Å²) in [4.78, 5) is 24.3. The highest BCUT2D eigenvalue weighted by Crippen LogP contribution is 2.09. The summed E-state index contributed by atoms with van der Waals surface area (Å²) in [6.45, 7) is 10.4. The van der Waals surface area contributed by atoms with Crippen LogP contribution in [0.3, 0.4) is 0 Å². The van der Waals surface area contributed by atoms with Gasteiger partial charge in [0.2, 0.25) is 0 Å². The third-order valence-corrected chi connectivity index (χ3v) is 1.96. The van der Waals surface area contributed by atoms with Crippen LogP contribution in [0, 0.1) is 0 Å². The van der Waals surface area contributed by atoms with Crippen molar-refractivity contribution in [3.63, 3.8) is 0 Å². The molecule has 0 radical (unpaired) electrons. The molecular formula is C13H23NO5. The first-order valence-corrected chi connectivity index (χ1v) is 6.09. The molecule has 0 aliphatic carbocycles. The van der Waals surface area contributed by atoms with E-state index in [1.165, 1.54) is 4.90 Å². The van der Waals surface area contributed by atoms with E-state index in [0.29, 0.717) is 5.57 Å². The number of carbonyl (C=O) groups excluding carboxylic acids is 2. The second kappa shape index (κ2) is 7.78. The lowest BCUT2D eigenvalue weighted by molar-refractivity contribution is -0.139. The van der Waals surface area contributed by atoms with Gasteiger partial charge in [-0.2, -0.15) is 0 Å². The molecule has 1 N–H and O–H groups in total. The number of hydrogen-bond donors (Lipinski definition) is 1. The normalized spacial score (nSPS) is 10.8. The Morgan fingerprint density at radius 3 is 2.26 bits per heavy atom. The lowest BCUT2D eigenvalue weighted by atomic mass is 10.2. The molecule has 0 aliphatic rings. The van der Waals surface area contributed by atoms with Crippen LogP contribution in [-0.4, -0.2) is 54.0 Å². The maximum atomic E-state index is 11.8. The minimum atomic E-state index is -0.612. The molecule has 0 aromatic carbocycles. The molecule has 19 heavy (non-hydrogen) atoms. The zero-order valence-corrected chi connectivity index (χ0v) is 12.1. The summed E-state index contributed by atoms with van der Waals surface area (Å²) < 4.78 is 10.1. The van der Waals surface area contributed by atoms with Crippen molar-refractivity contribution in [3.8, 4) is 0 Å². The van der Waals surface area contributed by atoms with E-state index in [2.05, 4.69) is 6.58 Å². The predicted octanol–water partition coefficient (Wildman–Crippen LogP) is 1.34. The largest absolute Gasteiger partial charge is 0.460 e. The zero-order chi connectivity index (χ0) is 15.1. The average molecular weight is 273 g/mol. The number of rotatable bonds is 6. The summed E-state index contributed by atoms with van der Waals surface area (Å²) >= 11 is 0. The molecule has 6 nitrogen and oxygen atoms in total. The summed E-state index contributed by atoms with van der Waals surface area (Å²) in [5, 5.41) is 8.91. The van der Waals surface area contributed by atoms with Gasteiger partial charge in [0.15, 0.2) is 0 Å². The summed E-state index contributed by atoms with van der Waals surface area (Å²) in [7, 11) is 0. The van der Waals surface area contributed by atoms with Gasteiger partial charge >= 0.3 is 12.1 Å². The van der Waals surface area contributed by atoms with Gasteiger partial charge in [0.1, 0.15) is 12.2 Å². The van der Waals surface area contributed by atoms with E-state index < -0.39 is 17.7 Å². The van der Waals surface area contributed by atoms with Crippen molar-refractivity contribution in [2.75, 3.05) is 26.3 Å². The molecule has 0 aliphatic heterocycles. The molecule has 0 aromatic heterocycles. The smallest absolute Gasteiger partial charge is 0.410 e. The van der Waals surface area contributed by atoms with E-state index in [1.54, 1.807) is 27.7 Å². The van der Waals surface area contributed by atoms with E-state index in [4.69, 9.17) is 14.6 Å². The van der Waals surface area contributed by atoms with E-state index in [-0.39, 0.29) is 26.3 Å². The molecule has 0 fully saturated rings. The van der Waals surface area contributed by atoms with E-state index in [9.17, 15) is 9.59 Å². The van der Waals surface area contributed by atoms with Crippen LogP contribution in [-0.2, 0) is 14.3 Å². The topological polar surface area (TPSA) is 76.1 Å². The zero-order valence-electron chi connectivity index (χ0n) is 12.1. The Morgan fingerprint density at radius 2 is 1.84 bits per heavy atom. The molecule has 1 amide bonds. The molecule has 0 bridgehead atoms. The van der Waals surface area contributed by atoms with E-state index in [0.717, 1.165) is 0 Å². The molecule has 110 valence electrons. The van der Waals surface area contributed by atoms with Gasteiger partial charge in [-0.15, -0.1) is 0 Å². The lowest BCUT2D eigenvalue weighted by Crippen LogP contribution is -2.40. The molecule has 0 saturated carbocycles. The first kappa shape index (κ1) is 17.4. The first-order chi connectivity index (χ1) is 8.67. The molecular weight excluding hydrogens is 250 g/mol. The van der Waals surface area contributed by atoms with Crippen LogP contribution in [0.4, 0.5) is 4.79 Å². The van der Waals surface area contributed by atoms with Crippen LogP contribution in [0.15, 0.2) is 12.2 Å². The fourth-order valence-corrected chi connectivity index (χ4v) is 1.11. The maximum absolute atomic E-state index is 11.8. The lowest BCUT2D eigenvalue weighted by Gasteiger charge is -2.26. The Balaban J connectivity index is 4.29. The van der Waals surface area contributed by atoms with Crippen LogP contribution in [0.5, 0.6) is 0 Å². The Labute approximate surface area is 114 Å². The van der Waals surface area contributed by atoms with Crippen LogP contribution in [0.25, 0.3) is 0 Å². The van der Waals surface area contributed by atoms with Gasteiger partial charge in [-0.1, -0.05) is 6.58 Å². The van der Waals surface area contributed by atoms with Crippen molar-refractivity contribution in [3.05, 3.63) is 12.2 Å². The van der Waals surface area contributed by atoms with Crippen LogP contribution in [0.2, 0.25) is 0 Å². The number of carbonyl (C=O) groups is 2. The van der Waals surface area contributed by atoms with Crippen molar-refractivity contribution in [2.24, 2.45) is 0 Å². The summed E-state index contributed by atoms with van der Waals surface area (Å²) in [5.41, 5.74) is -0.315. The standard InChI is InChI=1S/C13H23NO5/c1-10(2)11(16)18-9-7-14(6-8-15)12(17)19-13(3,4)5/h15H,1,6-9H2,2-5H3. The Kier molecular flexibility index (Phi) is 7.14. The predicted molar refractivity (Wildman–Crippen MR) is 70.7 cm³/mol. The van der Waals surface area contributed by atoms with Crippen molar-refractivity contribution >= 4 is 12.1 Å². The molecule has 0 spiro atoms. The third-order valence-electron chi connectivity index (χ3n) is 1.96. The minimum Gasteiger partial charge on any atom is -0.460 e. The van der Waals surface area contributed by atoms with Gasteiger partial charge in [0.25, 0.3) is 0 Å². The van der Waals surface area contributed by atoms with Gasteiger partial charge in [-0.05, 0) is 27.7 Å². The number of aliphatic hydroxyl groups is 1. The number of hydrogen-bond acceptors (Lipinski definition) is 5. The quantitative estimate of drug-likeness (QED) is 0.583. The summed E-state index contributed by atoms with van der Waals surface area (Å²) in [6, 6.07) is 0. The van der Waals surface area contributed by atoms with Crippen molar-refractivity contribution in [1.29, 1.82) is 0 Å². The van der Waals surface area contributed by atoms with Crippen LogP contribution >= 0.6 is 0 Å². The van der Waals surface area contributed by atoms with Crippen molar-refractivity contribution in [2.45, 2.75) is 33.3 Å². The van der Waals surface area contributed by atoms with Gasteiger partial charge in [-0.25, -0.2) is 9.59 Å². The second-order valence-corrected chi connectivity index (χ2v) is 5.11. The maximum Gasteiger partial charge on any atom is 0.410 e. The van der Waals surface area contributed by atoms with E-state index in [1.807, 2.05) is 0 Å². The minimum absolute atomic E-state index is 0.0327. The average Bonchev–Trinajstić information content (AvgIpc) is 2.25. The SMILES string of the molecule is C=C(C)C(=O)OCCN(CCO)C(=O)OC(C)(C)C. The van der Waals surface area contributed by atoms with Gasteiger partial charge in [0.05, 0.1) is 13.2 Å². The number of esters is 1. The summed E-state index contributed by atoms with van der Waals surface area (Å²) in [6.07, 6.45) is -0.548. The van der Waals surface area contributed by atoms with Gasteiger partial charge in [-0.3, -0.25) is 0 Å². The van der Waals surface area contributed by atoms with Crippen LogP contribution < -0.4 is 0 Å². The molecule has 0 saturated heterocycles. The first-order valence-electron chi connectivity index (χ1n) is 6.09. The highest BCUT2D eigenvalue weighted by Gasteiger charge is 2.21. The van der Waals surface area contributed by atoms with Gasteiger partial charge < -0.3 is 19.5 Å². The molecule has 0 atom stereocenters. The highest BCUT2D eigenvalue weighted by molar-refractivity contribution is 5.86. The number of aliphatic hydroxyl groups excluding tert-OH is 1. The molecule has 0 aromatic rings. The van der Waals surface area contributed by atoms with Crippen molar-refractivity contribution in [1.82, 2.24) is 4.90 Å². The molecule has 6 heteroatoms. The summed E-state index contributed by atoms with van der Waals surface area (Å²) in [5.74, 6) is -0.506.